The third-order valence-electron chi connectivity index (χ3n) is 3.69. The van der Waals surface area contributed by atoms with E-state index in [-0.39, 0.29) is 5.97 Å². The molecule has 0 heterocycles. The Labute approximate surface area is 120 Å². The topological polar surface area (TPSA) is 64.3 Å². The predicted octanol–water partition coefficient (Wildman–Crippen LogP) is 2.74. The summed E-state index contributed by atoms with van der Waals surface area (Å²) in [6.45, 7) is 4.55. The summed E-state index contributed by atoms with van der Waals surface area (Å²) in [4.78, 5) is 12.1. The van der Waals surface area contributed by atoms with Crippen LogP contribution in [0.1, 0.15) is 49.9 Å². The monoisotopic (exact) mass is 276 g/mol. The SMILES string of the molecule is CC(C)(CNC1CCCC1)OC(=O)c1ccc(N)cc1. The van der Waals surface area contributed by atoms with E-state index < -0.39 is 5.60 Å². The Morgan fingerprint density at radius 3 is 2.50 bits per heavy atom. The summed E-state index contributed by atoms with van der Waals surface area (Å²) in [6.07, 6.45) is 5.04. The van der Waals surface area contributed by atoms with Crippen LogP contribution in [0.2, 0.25) is 0 Å². The van der Waals surface area contributed by atoms with Crippen molar-refractivity contribution in [2.24, 2.45) is 0 Å². The van der Waals surface area contributed by atoms with Gasteiger partial charge in [0.15, 0.2) is 0 Å². The fraction of sp³-hybridized carbons (Fsp3) is 0.562. The molecule has 1 aliphatic carbocycles. The van der Waals surface area contributed by atoms with E-state index in [9.17, 15) is 4.79 Å². The standard InChI is InChI=1S/C16H24N2O2/c1-16(2,11-18-14-5-3-4-6-14)20-15(19)12-7-9-13(17)10-8-12/h7-10,14,18H,3-6,11,17H2,1-2H3. The van der Waals surface area contributed by atoms with Crippen molar-refractivity contribution in [3.63, 3.8) is 0 Å². The highest BCUT2D eigenvalue weighted by atomic mass is 16.6. The zero-order valence-electron chi connectivity index (χ0n) is 12.3. The van der Waals surface area contributed by atoms with Crippen LogP contribution in [-0.2, 0) is 4.74 Å². The lowest BCUT2D eigenvalue weighted by Gasteiger charge is -2.27. The van der Waals surface area contributed by atoms with E-state index in [0.29, 0.717) is 23.8 Å². The lowest BCUT2D eigenvalue weighted by molar-refractivity contribution is -0.00143. The Balaban J connectivity index is 1.86. The fourth-order valence-electron chi connectivity index (χ4n) is 2.49. The molecular formula is C16H24N2O2. The van der Waals surface area contributed by atoms with E-state index >= 15 is 0 Å². The van der Waals surface area contributed by atoms with E-state index in [0.717, 1.165) is 0 Å². The third-order valence-corrected chi connectivity index (χ3v) is 3.69. The van der Waals surface area contributed by atoms with Crippen molar-refractivity contribution in [3.05, 3.63) is 29.8 Å². The van der Waals surface area contributed by atoms with Crippen molar-refractivity contribution in [1.29, 1.82) is 0 Å². The molecule has 2 rings (SSSR count). The van der Waals surface area contributed by atoms with E-state index in [4.69, 9.17) is 10.5 Å². The van der Waals surface area contributed by atoms with Crippen molar-refractivity contribution in [3.8, 4) is 0 Å². The second kappa shape index (κ2) is 6.27. The number of nitrogens with one attached hydrogen (secondary N) is 1. The van der Waals surface area contributed by atoms with Gasteiger partial charge in [-0.15, -0.1) is 0 Å². The maximum atomic E-state index is 12.1. The molecule has 1 aromatic carbocycles. The third kappa shape index (κ3) is 4.23. The lowest BCUT2D eigenvalue weighted by Crippen LogP contribution is -2.42. The van der Waals surface area contributed by atoms with Gasteiger partial charge in [-0.3, -0.25) is 0 Å². The minimum Gasteiger partial charge on any atom is -0.455 e. The summed E-state index contributed by atoms with van der Waals surface area (Å²) in [7, 11) is 0. The molecule has 1 fully saturated rings. The number of ether oxygens (including phenoxy) is 1. The van der Waals surface area contributed by atoms with Crippen LogP contribution in [0.4, 0.5) is 5.69 Å². The average Bonchev–Trinajstić information content (AvgIpc) is 2.90. The van der Waals surface area contributed by atoms with Crippen molar-refractivity contribution in [2.45, 2.75) is 51.2 Å². The van der Waals surface area contributed by atoms with Crippen molar-refractivity contribution in [1.82, 2.24) is 5.32 Å². The number of anilines is 1. The van der Waals surface area contributed by atoms with Gasteiger partial charge >= 0.3 is 5.97 Å². The van der Waals surface area contributed by atoms with Gasteiger partial charge in [-0.25, -0.2) is 4.79 Å². The maximum absolute atomic E-state index is 12.1. The minimum absolute atomic E-state index is 0.303. The highest BCUT2D eigenvalue weighted by Crippen LogP contribution is 2.19. The Kier molecular flexibility index (Phi) is 4.65. The number of carbonyl (C=O) groups is 1. The molecule has 0 amide bonds. The van der Waals surface area contributed by atoms with Crippen LogP contribution < -0.4 is 11.1 Å². The number of rotatable bonds is 5. The zero-order valence-corrected chi connectivity index (χ0v) is 12.3. The first-order valence-corrected chi connectivity index (χ1v) is 7.28. The summed E-state index contributed by atoms with van der Waals surface area (Å²) >= 11 is 0. The first-order chi connectivity index (χ1) is 9.46. The summed E-state index contributed by atoms with van der Waals surface area (Å²) in [5.74, 6) is -0.303. The molecule has 0 atom stereocenters. The molecule has 0 aromatic heterocycles. The number of nitrogens with two attached hydrogens (primary N) is 1. The van der Waals surface area contributed by atoms with Gasteiger partial charge < -0.3 is 15.8 Å². The van der Waals surface area contributed by atoms with E-state index in [1.807, 2.05) is 13.8 Å². The molecule has 0 radical (unpaired) electrons. The Morgan fingerprint density at radius 1 is 1.30 bits per heavy atom. The van der Waals surface area contributed by atoms with E-state index in [1.54, 1.807) is 24.3 Å². The van der Waals surface area contributed by atoms with Crippen molar-refractivity contribution >= 4 is 11.7 Å². The van der Waals surface area contributed by atoms with Gasteiger partial charge in [0.2, 0.25) is 0 Å². The van der Waals surface area contributed by atoms with Crippen molar-refractivity contribution < 1.29 is 9.53 Å². The molecule has 20 heavy (non-hydrogen) atoms. The van der Waals surface area contributed by atoms with Gasteiger partial charge in [-0.1, -0.05) is 12.8 Å². The zero-order chi connectivity index (χ0) is 14.6. The van der Waals surface area contributed by atoms with Gasteiger partial charge in [0.25, 0.3) is 0 Å². The highest BCUT2D eigenvalue weighted by Gasteiger charge is 2.25. The van der Waals surface area contributed by atoms with Gasteiger partial charge in [-0.05, 0) is 51.0 Å². The average molecular weight is 276 g/mol. The van der Waals surface area contributed by atoms with Crippen LogP contribution in [0.15, 0.2) is 24.3 Å². The molecule has 0 bridgehead atoms. The molecule has 0 spiro atoms. The van der Waals surface area contributed by atoms with Gasteiger partial charge in [0.1, 0.15) is 5.60 Å². The van der Waals surface area contributed by atoms with Crippen LogP contribution in [0.3, 0.4) is 0 Å². The number of benzene rings is 1. The largest absolute Gasteiger partial charge is 0.455 e. The number of hydrogen-bond acceptors (Lipinski definition) is 4. The fourth-order valence-corrected chi connectivity index (χ4v) is 2.49. The number of esters is 1. The number of carbonyl (C=O) groups excluding carboxylic acids is 1. The Hall–Kier alpha value is -1.55. The second-order valence-corrected chi connectivity index (χ2v) is 6.13. The maximum Gasteiger partial charge on any atom is 0.338 e. The molecule has 4 heteroatoms. The van der Waals surface area contributed by atoms with Crippen LogP contribution in [0.25, 0.3) is 0 Å². The van der Waals surface area contributed by atoms with E-state index in [1.165, 1.54) is 25.7 Å². The summed E-state index contributed by atoms with van der Waals surface area (Å²) < 4.78 is 5.58. The first-order valence-electron chi connectivity index (χ1n) is 7.28. The smallest absolute Gasteiger partial charge is 0.338 e. The summed E-state index contributed by atoms with van der Waals surface area (Å²) in [5.41, 5.74) is 6.27. The molecule has 1 aromatic rings. The quantitative estimate of drug-likeness (QED) is 0.641. The van der Waals surface area contributed by atoms with Crippen LogP contribution in [0.5, 0.6) is 0 Å². The predicted molar refractivity (Wildman–Crippen MR) is 80.6 cm³/mol. The molecule has 0 saturated heterocycles. The summed E-state index contributed by atoms with van der Waals surface area (Å²) in [5, 5.41) is 3.49. The summed E-state index contributed by atoms with van der Waals surface area (Å²) in [6, 6.07) is 7.38. The number of nitrogen functional groups attached to an aromatic ring is 1. The highest BCUT2D eigenvalue weighted by molar-refractivity contribution is 5.90. The van der Waals surface area contributed by atoms with Crippen molar-refractivity contribution in [2.75, 3.05) is 12.3 Å². The molecule has 110 valence electrons. The molecule has 3 N–H and O–H groups in total. The van der Waals surface area contributed by atoms with Crippen LogP contribution in [-0.4, -0.2) is 24.2 Å². The van der Waals surface area contributed by atoms with Gasteiger partial charge in [0.05, 0.1) is 5.56 Å². The molecular weight excluding hydrogens is 252 g/mol. The molecule has 0 aliphatic heterocycles. The molecule has 1 saturated carbocycles. The Morgan fingerprint density at radius 2 is 1.90 bits per heavy atom. The Bertz CT molecular complexity index is 448. The minimum atomic E-state index is -0.513. The van der Waals surface area contributed by atoms with Gasteiger partial charge in [-0.2, -0.15) is 0 Å². The number of hydrogen-bond donors (Lipinski definition) is 2. The molecule has 4 nitrogen and oxygen atoms in total. The van der Waals surface area contributed by atoms with Crippen LogP contribution in [0, 0.1) is 0 Å². The lowest BCUT2D eigenvalue weighted by atomic mass is 10.1. The second-order valence-electron chi connectivity index (χ2n) is 6.13. The van der Waals surface area contributed by atoms with E-state index in [2.05, 4.69) is 5.32 Å². The molecule has 1 aliphatic rings. The normalized spacial score (nSPS) is 16.3. The van der Waals surface area contributed by atoms with Crippen LogP contribution >= 0.6 is 0 Å². The molecule has 0 unspecified atom stereocenters. The van der Waals surface area contributed by atoms with Gasteiger partial charge in [0, 0.05) is 18.3 Å². The first kappa shape index (κ1) is 14.9.